The summed E-state index contributed by atoms with van der Waals surface area (Å²) >= 11 is 0. The van der Waals surface area contributed by atoms with Crippen LogP contribution in [0.5, 0.6) is 0 Å². The van der Waals surface area contributed by atoms with E-state index in [9.17, 15) is 0 Å². The van der Waals surface area contributed by atoms with Crippen LogP contribution in [-0.2, 0) is 0 Å². The van der Waals surface area contributed by atoms with Crippen LogP contribution in [0.1, 0.15) is 60.8 Å². The molecule has 2 aliphatic rings. The van der Waals surface area contributed by atoms with Gasteiger partial charge in [0.2, 0.25) is 0 Å². The predicted molar refractivity (Wildman–Crippen MR) is 88.0 cm³/mol. The molecule has 19 heavy (non-hydrogen) atoms. The fourth-order valence-electron chi connectivity index (χ4n) is 4.10. The summed E-state index contributed by atoms with van der Waals surface area (Å²) in [5.41, 5.74) is 1.81. The zero-order valence-corrected chi connectivity index (χ0v) is 13.8. The number of rotatable bonds is 1. The van der Waals surface area contributed by atoms with E-state index in [0.29, 0.717) is 5.31 Å². The Balaban J connectivity index is 2.36. The van der Waals surface area contributed by atoms with Crippen LogP contribution < -0.4 is 0 Å². The summed E-state index contributed by atoms with van der Waals surface area (Å²) in [6.45, 7) is 15.3. The highest BCUT2D eigenvalue weighted by Crippen LogP contribution is 2.53. The fourth-order valence-corrected chi connectivity index (χ4v) is 4.10. The third kappa shape index (κ3) is 3.17. The highest BCUT2D eigenvalue weighted by atomic mass is 14.3. The standard InChI is InChI=1S/C18H31B/c1-14-8-7-9-16(17(3,4)5)13-18(6,12-14)19-11-10-15(19)2/h7,9,13-15H,8,10-12H2,1-6H3/b9-7-,16-13+/t14-,15?,18?/m1/s1. The van der Waals surface area contributed by atoms with Crippen molar-refractivity contribution in [2.24, 2.45) is 11.3 Å². The SMILES string of the molecule is CC1CCB1C1(C)/C=C(C(C)(C)C)\C=C/C[C@@H](C)C1. The Morgan fingerprint density at radius 2 is 1.95 bits per heavy atom. The average molecular weight is 258 g/mol. The van der Waals surface area contributed by atoms with Gasteiger partial charge in [-0.3, -0.25) is 0 Å². The van der Waals surface area contributed by atoms with Gasteiger partial charge in [0, 0.05) is 0 Å². The largest absolute Gasteiger partial charge is 0.153 e. The molecule has 0 aromatic carbocycles. The van der Waals surface area contributed by atoms with Gasteiger partial charge in [-0.25, -0.2) is 0 Å². The molecule has 0 radical (unpaired) electrons. The molecule has 0 spiro atoms. The van der Waals surface area contributed by atoms with Gasteiger partial charge in [0.1, 0.15) is 0 Å². The van der Waals surface area contributed by atoms with Gasteiger partial charge in [-0.15, -0.1) is 0 Å². The minimum absolute atomic E-state index is 0.269. The first-order chi connectivity index (χ1) is 8.72. The lowest BCUT2D eigenvalue weighted by atomic mass is 9.18. The van der Waals surface area contributed by atoms with Crippen LogP contribution in [0.25, 0.3) is 0 Å². The second-order valence-corrected chi connectivity index (χ2v) is 8.46. The molecule has 2 rings (SSSR count). The van der Waals surface area contributed by atoms with Crippen LogP contribution in [0.3, 0.4) is 0 Å². The first-order valence-electron chi connectivity index (χ1n) is 8.12. The van der Waals surface area contributed by atoms with Crippen molar-refractivity contribution in [3.63, 3.8) is 0 Å². The summed E-state index contributed by atoms with van der Waals surface area (Å²) < 4.78 is 0. The maximum Gasteiger partial charge on any atom is 0.153 e. The molecule has 0 bridgehead atoms. The Labute approximate surface area is 120 Å². The summed E-state index contributed by atoms with van der Waals surface area (Å²) in [6, 6.07) is 0. The molecule has 1 aliphatic heterocycles. The molecule has 1 fully saturated rings. The zero-order valence-electron chi connectivity index (χ0n) is 13.8. The van der Waals surface area contributed by atoms with E-state index in [4.69, 9.17) is 0 Å². The molecule has 106 valence electrons. The van der Waals surface area contributed by atoms with Gasteiger partial charge in [-0.2, -0.15) is 0 Å². The van der Waals surface area contributed by atoms with E-state index in [0.717, 1.165) is 18.4 Å². The Bertz CT molecular complexity index is 385. The smallest absolute Gasteiger partial charge is 0.0840 e. The highest BCUT2D eigenvalue weighted by molar-refractivity contribution is 6.67. The van der Waals surface area contributed by atoms with Crippen molar-refractivity contribution in [2.45, 2.75) is 78.3 Å². The molecule has 1 aliphatic carbocycles. The Hall–Kier alpha value is -0.455. The van der Waals surface area contributed by atoms with Gasteiger partial charge in [0.05, 0.1) is 0 Å². The second-order valence-electron chi connectivity index (χ2n) is 8.46. The van der Waals surface area contributed by atoms with Crippen molar-refractivity contribution in [1.82, 2.24) is 0 Å². The summed E-state index contributed by atoms with van der Waals surface area (Å²) in [7, 11) is 0. The lowest BCUT2D eigenvalue weighted by Crippen LogP contribution is -2.41. The van der Waals surface area contributed by atoms with E-state index < -0.39 is 0 Å². The molecule has 3 atom stereocenters. The van der Waals surface area contributed by atoms with E-state index >= 15 is 0 Å². The summed E-state index contributed by atoms with van der Waals surface area (Å²) in [5.74, 6) is 1.73. The quantitative estimate of drug-likeness (QED) is 0.506. The van der Waals surface area contributed by atoms with E-state index in [1.54, 1.807) is 5.57 Å². The molecule has 0 saturated carbocycles. The van der Waals surface area contributed by atoms with Gasteiger partial charge in [-0.1, -0.05) is 78.3 Å². The Morgan fingerprint density at radius 3 is 2.42 bits per heavy atom. The van der Waals surface area contributed by atoms with Gasteiger partial charge in [0.25, 0.3) is 0 Å². The maximum atomic E-state index is 2.64. The molecule has 2 unspecified atom stereocenters. The van der Waals surface area contributed by atoms with Crippen LogP contribution in [0.15, 0.2) is 23.8 Å². The Kier molecular flexibility index (Phi) is 4.05. The summed E-state index contributed by atoms with van der Waals surface area (Å²) in [4.78, 5) is 0. The molecule has 0 N–H and O–H groups in total. The van der Waals surface area contributed by atoms with Crippen LogP contribution in [0.2, 0.25) is 17.5 Å². The zero-order chi connectivity index (χ0) is 14.3. The van der Waals surface area contributed by atoms with E-state index in [1.165, 1.54) is 25.6 Å². The van der Waals surface area contributed by atoms with E-state index in [1.807, 2.05) is 0 Å². The monoisotopic (exact) mass is 258 g/mol. The minimum Gasteiger partial charge on any atom is -0.0840 e. The van der Waals surface area contributed by atoms with Crippen molar-refractivity contribution in [2.75, 3.05) is 0 Å². The third-order valence-corrected chi connectivity index (χ3v) is 5.44. The molecule has 0 aromatic rings. The van der Waals surface area contributed by atoms with Crippen LogP contribution in [0, 0.1) is 11.3 Å². The van der Waals surface area contributed by atoms with Gasteiger partial charge >= 0.3 is 0 Å². The molecular weight excluding hydrogens is 227 g/mol. The van der Waals surface area contributed by atoms with Crippen molar-refractivity contribution < 1.29 is 0 Å². The first kappa shape index (κ1) is 14.9. The van der Waals surface area contributed by atoms with Gasteiger partial charge < -0.3 is 0 Å². The van der Waals surface area contributed by atoms with Crippen molar-refractivity contribution >= 4 is 6.71 Å². The minimum atomic E-state index is 0.269. The van der Waals surface area contributed by atoms with E-state index in [-0.39, 0.29) is 5.41 Å². The molecule has 1 heteroatoms. The first-order valence-corrected chi connectivity index (χ1v) is 8.12. The lowest BCUT2D eigenvalue weighted by molar-refractivity contribution is 0.444. The molecule has 1 heterocycles. The van der Waals surface area contributed by atoms with Gasteiger partial charge in [-0.05, 0) is 35.1 Å². The van der Waals surface area contributed by atoms with Crippen LogP contribution in [0.4, 0.5) is 0 Å². The molecule has 1 saturated heterocycles. The third-order valence-electron chi connectivity index (χ3n) is 5.44. The molecule has 0 nitrogen and oxygen atoms in total. The predicted octanol–water partition coefficient (Wildman–Crippen LogP) is 5.99. The average Bonchev–Trinajstić information content (AvgIpc) is 2.21. The topological polar surface area (TPSA) is 0 Å². The maximum absolute atomic E-state index is 2.64. The molecule has 0 aromatic heterocycles. The van der Waals surface area contributed by atoms with Crippen molar-refractivity contribution in [1.29, 1.82) is 0 Å². The van der Waals surface area contributed by atoms with E-state index in [2.05, 4.69) is 59.8 Å². The van der Waals surface area contributed by atoms with Crippen molar-refractivity contribution in [3.05, 3.63) is 23.8 Å². The number of hydrogen-bond donors (Lipinski definition) is 0. The van der Waals surface area contributed by atoms with Crippen molar-refractivity contribution in [3.8, 4) is 0 Å². The molecular formula is C18H31B. The fraction of sp³-hybridized carbons (Fsp3) is 0.778. The summed E-state index contributed by atoms with van der Waals surface area (Å²) in [5, 5.41) is 0.407. The summed E-state index contributed by atoms with van der Waals surface area (Å²) in [6.07, 6.45) is 12.9. The van der Waals surface area contributed by atoms with Crippen LogP contribution in [-0.4, -0.2) is 6.71 Å². The molecule has 0 amide bonds. The van der Waals surface area contributed by atoms with Gasteiger partial charge in [0.15, 0.2) is 6.71 Å². The number of allylic oxidation sites excluding steroid dienone is 4. The normalized spacial score (nSPS) is 40.7. The second kappa shape index (κ2) is 5.15. The Morgan fingerprint density at radius 1 is 1.26 bits per heavy atom. The van der Waals surface area contributed by atoms with Crippen LogP contribution >= 0.6 is 0 Å². The highest BCUT2D eigenvalue weighted by Gasteiger charge is 2.45. The number of hydrogen-bond acceptors (Lipinski definition) is 0. The lowest BCUT2D eigenvalue weighted by Gasteiger charge is -2.46.